The SMILES string of the molecule is COc1cc(NC(=O)c2nn(-c3ccc(Cl)cc3)cc2CCl)ccc1OCC(C)OCOCC[Si](C)(C)C. The van der Waals surface area contributed by atoms with Gasteiger partial charge in [0.05, 0.1) is 24.8 Å². The highest BCUT2D eigenvalue weighted by Crippen LogP contribution is 2.31. The number of anilines is 1. The lowest BCUT2D eigenvalue weighted by Gasteiger charge is -2.18. The Kier molecular flexibility index (Phi) is 11.0. The summed E-state index contributed by atoms with van der Waals surface area (Å²) in [6.45, 7) is 10.1. The maximum atomic E-state index is 13.0. The van der Waals surface area contributed by atoms with Crippen molar-refractivity contribution in [3.05, 3.63) is 64.9 Å². The average molecular weight is 581 g/mol. The van der Waals surface area contributed by atoms with Gasteiger partial charge in [-0.15, -0.1) is 11.6 Å². The number of carbonyl (C=O) groups is 1. The predicted molar refractivity (Wildman–Crippen MR) is 154 cm³/mol. The first-order chi connectivity index (χ1) is 18.1. The van der Waals surface area contributed by atoms with E-state index in [0.717, 1.165) is 11.7 Å². The van der Waals surface area contributed by atoms with Crippen LogP contribution in [0, 0.1) is 0 Å². The summed E-state index contributed by atoms with van der Waals surface area (Å²) < 4.78 is 24.2. The highest BCUT2D eigenvalue weighted by Gasteiger charge is 2.18. The summed E-state index contributed by atoms with van der Waals surface area (Å²) in [5.74, 6) is 0.760. The van der Waals surface area contributed by atoms with E-state index in [2.05, 4.69) is 30.1 Å². The molecule has 3 aromatic rings. The first kappa shape index (κ1) is 30.0. The molecule has 0 saturated heterocycles. The van der Waals surface area contributed by atoms with Crippen LogP contribution in [0.3, 0.4) is 0 Å². The van der Waals surface area contributed by atoms with Crippen molar-refractivity contribution in [2.75, 3.05) is 32.4 Å². The standard InChI is InChI=1S/C27H35Cl2N3O5Si/c1-19(37-18-35-12-13-38(3,4)5)17-36-24-11-8-22(14-25(24)34-2)30-27(33)26-20(15-28)16-32(31-26)23-9-6-21(29)7-10-23/h6-11,14,16,19H,12-13,15,17-18H2,1-5H3,(H,30,33). The van der Waals surface area contributed by atoms with E-state index >= 15 is 0 Å². The minimum Gasteiger partial charge on any atom is -0.493 e. The van der Waals surface area contributed by atoms with Crippen LogP contribution in [0.15, 0.2) is 48.7 Å². The number of hydrogen-bond acceptors (Lipinski definition) is 6. The van der Waals surface area contributed by atoms with Crippen LogP contribution in [0.25, 0.3) is 5.69 Å². The smallest absolute Gasteiger partial charge is 0.276 e. The molecule has 0 fully saturated rings. The lowest BCUT2D eigenvalue weighted by atomic mass is 10.2. The van der Waals surface area contributed by atoms with Gasteiger partial charge in [0.25, 0.3) is 5.91 Å². The van der Waals surface area contributed by atoms with Gasteiger partial charge in [-0.05, 0) is 49.4 Å². The largest absolute Gasteiger partial charge is 0.493 e. The zero-order chi connectivity index (χ0) is 27.7. The molecule has 0 spiro atoms. The molecule has 2 aromatic carbocycles. The third kappa shape index (κ3) is 9.02. The van der Waals surface area contributed by atoms with Crippen molar-refractivity contribution >= 4 is 42.9 Å². The van der Waals surface area contributed by atoms with Gasteiger partial charge in [0.2, 0.25) is 0 Å². The van der Waals surface area contributed by atoms with E-state index in [1.54, 1.807) is 48.3 Å². The Morgan fingerprint density at radius 1 is 1.13 bits per heavy atom. The summed E-state index contributed by atoms with van der Waals surface area (Å²) in [4.78, 5) is 13.0. The molecule has 11 heteroatoms. The number of nitrogens with one attached hydrogen (secondary N) is 1. The van der Waals surface area contributed by atoms with Crippen LogP contribution >= 0.6 is 23.2 Å². The Labute approximate surface area is 235 Å². The van der Waals surface area contributed by atoms with Crippen molar-refractivity contribution in [2.24, 2.45) is 0 Å². The minimum absolute atomic E-state index is 0.135. The molecule has 1 atom stereocenters. The monoisotopic (exact) mass is 579 g/mol. The van der Waals surface area contributed by atoms with Crippen LogP contribution in [-0.4, -0.2) is 57.0 Å². The molecule has 0 aliphatic rings. The second-order valence-corrected chi connectivity index (χ2v) is 16.3. The molecule has 8 nitrogen and oxygen atoms in total. The van der Waals surface area contributed by atoms with E-state index < -0.39 is 8.07 Å². The number of hydrogen-bond donors (Lipinski definition) is 1. The van der Waals surface area contributed by atoms with Crippen LogP contribution in [0.5, 0.6) is 11.5 Å². The molecule has 1 amide bonds. The number of benzene rings is 2. The normalized spacial score (nSPS) is 12.3. The number of ether oxygens (including phenoxy) is 4. The number of nitrogens with zero attached hydrogens (tertiary/aromatic N) is 2. The molecule has 0 bridgehead atoms. The summed E-state index contributed by atoms with van der Waals surface area (Å²) in [6.07, 6.45) is 1.55. The molecular weight excluding hydrogens is 545 g/mol. The second-order valence-electron chi connectivity index (χ2n) is 10.0. The van der Waals surface area contributed by atoms with Crippen LogP contribution < -0.4 is 14.8 Å². The molecule has 1 N–H and O–H groups in total. The van der Waals surface area contributed by atoms with Gasteiger partial charge >= 0.3 is 0 Å². The van der Waals surface area contributed by atoms with E-state index in [0.29, 0.717) is 41.0 Å². The lowest BCUT2D eigenvalue weighted by molar-refractivity contribution is -0.0904. The van der Waals surface area contributed by atoms with E-state index in [4.69, 9.17) is 42.1 Å². The van der Waals surface area contributed by atoms with Crippen molar-refractivity contribution in [3.63, 3.8) is 0 Å². The Balaban J connectivity index is 1.58. The number of halogens is 2. The summed E-state index contributed by atoms with van der Waals surface area (Å²) in [5, 5.41) is 7.90. The Hall–Kier alpha value is -2.56. The van der Waals surface area contributed by atoms with Gasteiger partial charge in [-0.1, -0.05) is 31.2 Å². The Morgan fingerprint density at radius 2 is 1.87 bits per heavy atom. The first-order valence-electron chi connectivity index (χ1n) is 12.3. The van der Waals surface area contributed by atoms with Gasteiger partial charge in [0, 0.05) is 43.2 Å². The third-order valence-electron chi connectivity index (χ3n) is 5.57. The second kappa shape index (κ2) is 14.0. The zero-order valence-corrected chi connectivity index (χ0v) is 24.9. The average Bonchev–Trinajstić information content (AvgIpc) is 3.32. The Morgan fingerprint density at radius 3 is 2.53 bits per heavy atom. The zero-order valence-electron chi connectivity index (χ0n) is 22.4. The van der Waals surface area contributed by atoms with E-state index in [1.807, 2.05) is 19.1 Å². The molecule has 3 rings (SSSR count). The number of methoxy groups -OCH3 is 1. The van der Waals surface area contributed by atoms with Gasteiger partial charge in [0.1, 0.15) is 13.4 Å². The predicted octanol–water partition coefficient (Wildman–Crippen LogP) is 6.62. The Bertz CT molecular complexity index is 1200. The molecule has 0 radical (unpaired) electrons. The third-order valence-corrected chi connectivity index (χ3v) is 7.81. The molecule has 206 valence electrons. The number of carbonyl (C=O) groups excluding carboxylic acids is 1. The maximum absolute atomic E-state index is 13.0. The van der Waals surface area contributed by atoms with Crippen LogP contribution in [0.1, 0.15) is 23.0 Å². The highest BCUT2D eigenvalue weighted by molar-refractivity contribution is 6.76. The molecule has 0 aliphatic carbocycles. The molecule has 0 saturated carbocycles. The molecule has 1 heterocycles. The number of rotatable bonds is 14. The van der Waals surface area contributed by atoms with Gasteiger partial charge in [0.15, 0.2) is 17.2 Å². The fraction of sp³-hybridized carbons (Fsp3) is 0.407. The summed E-state index contributed by atoms with van der Waals surface area (Å²) >= 11 is 12.1. The number of alkyl halides is 1. The van der Waals surface area contributed by atoms with Gasteiger partial charge in [-0.2, -0.15) is 5.10 Å². The molecule has 1 unspecified atom stereocenters. The fourth-order valence-corrected chi connectivity index (χ4v) is 4.41. The molecule has 0 aliphatic heterocycles. The van der Waals surface area contributed by atoms with Crippen molar-refractivity contribution in [2.45, 2.75) is 44.6 Å². The fourth-order valence-electron chi connectivity index (χ4n) is 3.34. The quantitative estimate of drug-likeness (QED) is 0.0999. The molecular formula is C27H35Cl2N3O5Si. The van der Waals surface area contributed by atoms with Gasteiger partial charge in [-0.25, -0.2) is 4.68 Å². The topological polar surface area (TPSA) is 83.8 Å². The molecule has 38 heavy (non-hydrogen) atoms. The van der Waals surface area contributed by atoms with E-state index in [9.17, 15) is 4.79 Å². The summed E-state index contributed by atoms with van der Waals surface area (Å²) in [6, 6.07) is 13.4. The van der Waals surface area contributed by atoms with Gasteiger partial charge in [-0.3, -0.25) is 4.79 Å². The van der Waals surface area contributed by atoms with Crippen LogP contribution in [-0.2, 0) is 15.4 Å². The van der Waals surface area contributed by atoms with Crippen molar-refractivity contribution in [1.82, 2.24) is 9.78 Å². The maximum Gasteiger partial charge on any atom is 0.276 e. The van der Waals surface area contributed by atoms with Crippen LogP contribution in [0.2, 0.25) is 30.7 Å². The first-order valence-corrected chi connectivity index (χ1v) is 16.9. The van der Waals surface area contributed by atoms with Gasteiger partial charge < -0.3 is 24.3 Å². The van der Waals surface area contributed by atoms with Crippen molar-refractivity contribution in [1.29, 1.82) is 0 Å². The molecule has 1 aromatic heterocycles. The van der Waals surface area contributed by atoms with Crippen molar-refractivity contribution in [3.8, 4) is 17.2 Å². The highest BCUT2D eigenvalue weighted by atomic mass is 35.5. The number of amides is 1. The van der Waals surface area contributed by atoms with E-state index in [-0.39, 0.29) is 30.4 Å². The summed E-state index contributed by atoms with van der Waals surface area (Å²) in [7, 11) is 0.423. The minimum atomic E-state index is -1.12. The summed E-state index contributed by atoms with van der Waals surface area (Å²) in [5.41, 5.74) is 2.12. The number of aromatic nitrogens is 2. The van der Waals surface area contributed by atoms with E-state index in [1.165, 1.54) is 0 Å². The van der Waals surface area contributed by atoms with Crippen LogP contribution in [0.4, 0.5) is 5.69 Å². The van der Waals surface area contributed by atoms with Crippen molar-refractivity contribution < 1.29 is 23.7 Å². The lowest BCUT2D eigenvalue weighted by Crippen LogP contribution is -2.23.